The smallest absolute Gasteiger partial charge is 0.0480 e. The zero-order valence-electron chi connectivity index (χ0n) is 13.6. The van der Waals surface area contributed by atoms with E-state index in [2.05, 4.69) is 52.3 Å². The first kappa shape index (κ1) is 14.3. The number of nitrogens with zero attached hydrogens (tertiary/aromatic N) is 2. The van der Waals surface area contributed by atoms with Crippen LogP contribution in [0.3, 0.4) is 0 Å². The molecule has 0 amide bonds. The summed E-state index contributed by atoms with van der Waals surface area (Å²) >= 11 is 0. The van der Waals surface area contributed by atoms with E-state index in [1.54, 1.807) is 5.56 Å². The molecule has 2 fully saturated rings. The molecule has 3 heterocycles. The van der Waals surface area contributed by atoms with E-state index in [4.69, 9.17) is 0 Å². The van der Waals surface area contributed by atoms with Crippen LogP contribution in [-0.4, -0.2) is 41.7 Å². The second-order valence-corrected chi connectivity index (χ2v) is 7.02. The van der Waals surface area contributed by atoms with Crippen molar-refractivity contribution in [3.8, 4) is 0 Å². The SMILES string of the molecule is Cn1cc(C2CCN(C3CCCNC3)CC2)c2ccccc21. The molecular weight excluding hydrogens is 270 g/mol. The van der Waals surface area contributed by atoms with E-state index >= 15 is 0 Å². The Morgan fingerprint density at radius 1 is 1.09 bits per heavy atom. The molecule has 0 saturated carbocycles. The lowest BCUT2D eigenvalue weighted by Crippen LogP contribution is -2.48. The molecule has 2 saturated heterocycles. The number of nitrogens with one attached hydrogen (secondary N) is 1. The molecule has 1 aromatic heterocycles. The molecule has 1 aromatic carbocycles. The predicted octanol–water partition coefficient (Wildman–Crippen LogP) is 3.11. The van der Waals surface area contributed by atoms with Gasteiger partial charge in [0.15, 0.2) is 0 Å². The number of rotatable bonds is 2. The maximum absolute atomic E-state index is 3.56. The van der Waals surface area contributed by atoms with Gasteiger partial charge in [-0.15, -0.1) is 0 Å². The molecule has 22 heavy (non-hydrogen) atoms. The van der Waals surface area contributed by atoms with Crippen molar-refractivity contribution >= 4 is 10.9 Å². The fourth-order valence-corrected chi connectivity index (χ4v) is 4.42. The number of hydrogen-bond donors (Lipinski definition) is 1. The molecule has 0 spiro atoms. The van der Waals surface area contributed by atoms with Crippen LogP contribution in [0.1, 0.15) is 37.2 Å². The number of fused-ring (bicyclic) bond motifs is 1. The first-order valence-corrected chi connectivity index (χ1v) is 8.81. The second kappa shape index (κ2) is 6.05. The molecule has 4 rings (SSSR count). The van der Waals surface area contributed by atoms with Crippen molar-refractivity contribution in [2.75, 3.05) is 26.2 Å². The van der Waals surface area contributed by atoms with Gasteiger partial charge in [0, 0.05) is 36.7 Å². The molecule has 1 unspecified atom stereocenters. The van der Waals surface area contributed by atoms with Gasteiger partial charge in [0.05, 0.1) is 0 Å². The largest absolute Gasteiger partial charge is 0.350 e. The van der Waals surface area contributed by atoms with Crippen molar-refractivity contribution in [3.05, 3.63) is 36.0 Å². The molecule has 1 atom stereocenters. The summed E-state index contributed by atoms with van der Waals surface area (Å²) in [6.45, 7) is 4.93. The van der Waals surface area contributed by atoms with Gasteiger partial charge in [-0.05, 0) is 62.9 Å². The van der Waals surface area contributed by atoms with Crippen LogP contribution in [0, 0.1) is 0 Å². The predicted molar refractivity (Wildman–Crippen MR) is 92.4 cm³/mol. The fraction of sp³-hybridized carbons (Fsp3) is 0.579. The number of aromatic nitrogens is 1. The Hall–Kier alpha value is -1.32. The first-order valence-electron chi connectivity index (χ1n) is 8.81. The minimum absolute atomic E-state index is 0.735. The van der Waals surface area contributed by atoms with Crippen LogP contribution >= 0.6 is 0 Å². The highest BCUT2D eigenvalue weighted by Crippen LogP contribution is 2.34. The topological polar surface area (TPSA) is 20.2 Å². The summed E-state index contributed by atoms with van der Waals surface area (Å²) in [5.41, 5.74) is 2.94. The van der Waals surface area contributed by atoms with Gasteiger partial charge in [0.2, 0.25) is 0 Å². The van der Waals surface area contributed by atoms with E-state index in [0.29, 0.717) is 0 Å². The van der Waals surface area contributed by atoms with Crippen molar-refractivity contribution in [3.63, 3.8) is 0 Å². The Balaban J connectivity index is 1.48. The van der Waals surface area contributed by atoms with E-state index < -0.39 is 0 Å². The Morgan fingerprint density at radius 2 is 1.91 bits per heavy atom. The van der Waals surface area contributed by atoms with E-state index in [9.17, 15) is 0 Å². The number of aryl methyl sites for hydroxylation is 1. The van der Waals surface area contributed by atoms with Gasteiger partial charge >= 0.3 is 0 Å². The number of hydrogen-bond acceptors (Lipinski definition) is 2. The third kappa shape index (κ3) is 2.57. The van der Waals surface area contributed by atoms with E-state index in [0.717, 1.165) is 12.0 Å². The Bertz CT molecular complexity index is 631. The minimum Gasteiger partial charge on any atom is -0.350 e. The van der Waals surface area contributed by atoms with E-state index in [-0.39, 0.29) is 0 Å². The Morgan fingerprint density at radius 3 is 2.68 bits per heavy atom. The molecular formula is C19H27N3. The van der Waals surface area contributed by atoms with Crippen LogP contribution in [0.4, 0.5) is 0 Å². The molecule has 3 nitrogen and oxygen atoms in total. The van der Waals surface area contributed by atoms with Crippen molar-refractivity contribution in [2.24, 2.45) is 7.05 Å². The van der Waals surface area contributed by atoms with Crippen molar-refractivity contribution < 1.29 is 0 Å². The van der Waals surface area contributed by atoms with Gasteiger partial charge in [-0.2, -0.15) is 0 Å². The molecule has 2 aliphatic heterocycles. The summed E-state index contributed by atoms with van der Waals surface area (Å²) in [6.07, 6.45) is 7.71. The van der Waals surface area contributed by atoms with Crippen LogP contribution in [-0.2, 0) is 7.05 Å². The molecule has 1 N–H and O–H groups in total. The van der Waals surface area contributed by atoms with Crippen molar-refractivity contribution in [1.29, 1.82) is 0 Å². The normalized spacial score (nSPS) is 24.9. The quantitative estimate of drug-likeness (QED) is 0.919. The van der Waals surface area contributed by atoms with Gasteiger partial charge < -0.3 is 9.88 Å². The van der Waals surface area contributed by atoms with Gasteiger partial charge in [-0.1, -0.05) is 18.2 Å². The van der Waals surface area contributed by atoms with Gasteiger partial charge in [-0.25, -0.2) is 0 Å². The molecule has 2 aromatic rings. The summed E-state index contributed by atoms with van der Waals surface area (Å²) < 4.78 is 2.29. The highest BCUT2D eigenvalue weighted by molar-refractivity contribution is 5.84. The van der Waals surface area contributed by atoms with Crippen LogP contribution in [0.5, 0.6) is 0 Å². The highest BCUT2D eigenvalue weighted by atomic mass is 15.2. The Kier molecular flexibility index (Phi) is 3.93. The molecule has 3 heteroatoms. The maximum Gasteiger partial charge on any atom is 0.0480 e. The van der Waals surface area contributed by atoms with Crippen molar-refractivity contribution in [1.82, 2.24) is 14.8 Å². The zero-order chi connectivity index (χ0) is 14.9. The van der Waals surface area contributed by atoms with E-state index in [1.165, 1.54) is 62.8 Å². The lowest BCUT2D eigenvalue weighted by atomic mass is 9.88. The van der Waals surface area contributed by atoms with Gasteiger partial charge in [-0.3, -0.25) is 4.90 Å². The number of benzene rings is 1. The number of likely N-dealkylation sites (tertiary alicyclic amines) is 1. The number of piperidine rings is 2. The van der Waals surface area contributed by atoms with Gasteiger partial charge in [0.25, 0.3) is 0 Å². The first-order chi connectivity index (χ1) is 10.8. The third-order valence-corrected chi connectivity index (χ3v) is 5.68. The average Bonchev–Trinajstić information content (AvgIpc) is 2.93. The third-order valence-electron chi connectivity index (χ3n) is 5.68. The zero-order valence-corrected chi connectivity index (χ0v) is 13.6. The molecule has 0 aliphatic carbocycles. The molecule has 0 bridgehead atoms. The molecule has 118 valence electrons. The van der Waals surface area contributed by atoms with E-state index in [1.807, 2.05) is 0 Å². The Labute approximate surface area is 133 Å². The van der Waals surface area contributed by atoms with Crippen LogP contribution in [0.2, 0.25) is 0 Å². The lowest BCUT2D eigenvalue weighted by Gasteiger charge is -2.39. The summed E-state index contributed by atoms with van der Waals surface area (Å²) in [6, 6.07) is 9.63. The average molecular weight is 297 g/mol. The number of para-hydroxylation sites is 1. The highest BCUT2D eigenvalue weighted by Gasteiger charge is 2.28. The standard InChI is InChI=1S/C19H27N3/c1-21-14-18(17-6-2-3-7-19(17)21)15-8-11-22(12-9-15)16-5-4-10-20-13-16/h2-3,6-7,14-16,20H,4-5,8-13H2,1H3. The molecule has 0 radical (unpaired) electrons. The minimum atomic E-state index is 0.735. The second-order valence-electron chi connectivity index (χ2n) is 7.02. The fourth-order valence-electron chi connectivity index (χ4n) is 4.42. The van der Waals surface area contributed by atoms with Crippen LogP contribution in [0.25, 0.3) is 10.9 Å². The lowest BCUT2D eigenvalue weighted by molar-refractivity contribution is 0.130. The summed E-state index contributed by atoms with van der Waals surface area (Å²) in [5.74, 6) is 0.735. The molecule has 2 aliphatic rings. The maximum atomic E-state index is 3.56. The van der Waals surface area contributed by atoms with Gasteiger partial charge in [0.1, 0.15) is 0 Å². The van der Waals surface area contributed by atoms with Crippen LogP contribution < -0.4 is 5.32 Å². The van der Waals surface area contributed by atoms with Crippen molar-refractivity contribution in [2.45, 2.75) is 37.6 Å². The van der Waals surface area contributed by atoms with Crippen LogP contribution in [0.15, 0.2) is 30.5 Å². The summed E-state index contributed by atoms with van der Waals surface area (Å²) in [7, 11) is 2.18. The monoisotopic (exact) mass is 297 g/mol. The summed E-state index contributed by atoms with van der Waals surface area (Å²) in [5, 5.41) is 5.02. The summed E-state index contributed by atoms with van der Waals surface area (Å²) in [4.78, 5) is 2.73.